The van der Waals surface area contributed by atoms with E-state index in [1.165, 1.54) is 30.2 Å². The monoisotopic (exact) mass is 394 g/mol. The summed E-state index contributed by atoms with van der Waals surface area (Å²) in [5, 5.41) is 22.5. The minimum atomic E-state index is -3.95. The predicted molar refractivity (Wildman–Crippen MR) is 96.8 cm³/mol. The average molecular weight is 394 g/mol. The summed E-state index contributed by atoms with van der Waals surface area (Å²) in [6.45, 7) is 2.37. The fraction of sp³-hybridized carbons (Fsp3) is 0.412. The van der Waals surface area contributed by atoms with E-state index >= 15 is 0 Å². The van der Waals surface area contributed by atoms with Gasteiger partial charge in [0.1, 0.15) is 5.75 Å². The molecule has 0 unspecified atom stereocenters. The van der Waals surface area contributed by atoms with Crippen molar-refractivity contribution in [2.75, 3.05) is 20.2 Å². The van der Waals surface area contributed by atoms with Gasteiger partial charge in [0.15, 0.2) is 0 Å². The molecule has 3 rings (SSSR count). The highest BCUT2D eigenvalue weighted by molar-refractivity contribution is 7.89. The van der Waals surface area contributed by atoms with Gasteiger partial charge in [0, 0.05) is 24.7 Å². The minimum absolute atomic E-state index is 0.0903. The molecule has 4 N–H and O–H groups in total. The van der Waals surface area contributed by atoms with Crippen LogP contribution in [0.3, 0.4) is 0 Å². The van der Waals surface area contributed by atoms with Crippen molar-refractivity contribution in [2.24, 2.45) is 11.1 Å². The Morgan fingerprint density at radius 1 is 1.41 bits per heavy atom. The number of methoxy groups -OCH3 is 1. The minimum Gasteiger partial charge on any atom is -0.496 e. The zero-order chi connectivity index (χ0) is 19.8. The van der Waals surface area contributed by atoms with Crippen LogP contribution in [0.25, 0.3) is 0 Å². The predicted octanol–water partition coefficient (Wildman–Crippen LogP) is 0.0497. The van der Waals surface area contributed by atoms with E-state index < -0.39 is 22.0 Å². The van der Waals surface area contributed by atoms with E-state index in [1.54, 1.807) is 0 Å². The molecule has 1 saturated heterocycles. The topological polar surface area (TPSA) is 139 Å². The van der Waals surface area contributed by atoms with E-state index in [0.717, 1.165) is 11.4 Å². The van der Waals surface area contributed by atoms with Gasteiger partial charge in [-0.3, -0.25) is 9.89 Å². The number of benzene rings is 1. The Bertz CT molecular complexity index is 956. The van der Waals surface area contributed by atoms with Crippen molar-refractivity contribution >= 4 is 15.9 Å². The lowest BCUT2D eigenvalue weighted by Gasteiger charge is -2.18. The summed E-state index contributed by atoms with van der Waals surface area (Å²) in [6.07, 6.45) is -0.165. The number of hydrogen-bond acceptors (Lipinski definition) is 6. The lowest BCUT2D eigenvalue weighted by Crippen LogP contribution is -2.30. The summed E-state index contributed by atoms with van der Waals surface area (Å²) >= 11 is 0. The summed E-state index contributed by atoms with van der Waals surface area (Å²) in [5.74, 6) is -0.338. The third kappa shape index (κ3) is 4.12. The maximum atomic E-state index is 12.9. The quantitative estimate of drug-likeness (QED) is 0.655. The number of aliphatic hydroxyl groups excluding tert-OH is 1. The van der Waals surface area contributed by atoms with Crippen LogP contribution in [0.4, 0.5) is 0 Å². The van der Waals surface area contributed by atoms with Crippen molar-refractivity contribution in [1.82, 2.24) is 15.1 Å². The first-order valence-corrected chi connectivity index (χ1v) is 9.92. The van der Waals surface area contributed by atoms with Crippen LogP contribution < -0.4 is 9.88 Å². The molecule has 1 aromatic heterocycles. The van der Waals surface area contributed by atoms with Crippen molar-refractivity contribution in [3.8, 4) is 5.75 Å². The molecular formula is C17H22N4O5S. The van der Waals surface area contributed by atoms with Gasteiger partial charge in [-0.2, -0.15) is 5.10 Å². The molecule has 1 aliphatic heterocycles. The first kappa shape index (κ1) is 19.3. The highest BCUT2D eigenvalue weighted by Gasteiger charge is 2.35. The zero-order valence-electron chi connectivity index (χ0n) is 15.0. The molecule has 2 aromatic rings. The van der Waals surface area contributed by atoms with Gasteiger partial charge in [-0.05, 0) is 37.6 Å². The molecule has 2 heterocycles. The number of aromatic amines is 1. The number of aryl methyl sites for hydroxylation is 1. The Hall–Kier alpha value is -2.43. The number of aromatic nitrogens is 2. The number of rotatable bonds is 5. The van der Waals surface area contributed by atoms with E-state index in [4.69, 9.17) is 9.88 Å². The van der Waals surface area contributed by atoms with Crippen LogP contribution in [0.5, 0.6) is 5.75 Å². The summed E-state index contributed by atoms with van der Waals surface area (Å²) in [4.78, 5) is 14.2. The van der Waals surface area contributed by atoms with Gasteiger partial charge >= 0.3 is 0 Å². The molecule has 0 bridgehead atoms. The number of likely N-dealkylation sites (tertiary alicyclic amines) is 1. The van der Waals surface area contributed by atoms with E-state index in [0.29, 0.717) is 13.0 Å². The molecule has 1 fully saturated rings. The van der Waals surface area contributed by atoms with Crippen LogP contribution in [0.2, 0.25) is 0 Å². The Kier molecular flexibility index (Phi) is 5.22. The van der Waals surface area contributed by atoms with Crippen LogP contribution in [-0.2, 0) is 16.4 Å². The number of carbonyl (C=O) groups excluding carboxylic acids is 1. The molecule has 1 aromatic carbocycles. The second kappa shape index (κ2) is 7.29. The van der Waals surface area contributed by atoms with Crippen LogP contribution in [-0.4, -0.2) is 60.8 Å². The molecule has 1 aliphatic rings. The number of sulfonamides is 1. The Labute approximate surface area is 157 Å². The standard InChI is InChI=1S/C17H22N4O5S/c1-10-5-12(20-19-10)6-11-8-21(9-15(11)22)17(23)14-7-13(27(18,24)25)3-4-16(14)26-2/h3-5,7,11,15,22H,6,8-9H2,1-2H3,(H,19,20)(H2,18,24,25)/t11-,15+/m1/s1. The molecule has 2 atom stereocenters. The highest BCUT2D eigenvalue weighted by atomic mass is 32.2. The molecule has 0 saturated carbocycles. The summed E-state index contributed by atoms with van der Waals surface area (Å²) in [5.41, 5.74) is 1.84. The number of nitrogens with two attached hydrogens (primary N) is 1. The molecular weight excluding hydrogens is 372 g/mol. The van der Waals surface area contributed by atoms with Gasteiger partial charge in [-0.25, -0.2) is 13.6 Å². The van der Waals surface area contributed by atoms with Crippen molar-refractivity contribution in [3.05, 3.63) is 41.2 Å². The van der Waals surface area contributed by atoms with Crippen molar-refractivity contribution in [3.63, 3.8) is 0 Å². The number of ether oxygens (including phenoxy) is 1. The zero-order valence-corrected chi connectivity index (χ0v) is 15.9. The lowest BCUT2D eigenvalue weighted by molar-refractivity contribution is 0.0761. The average Bonchev–Trinajstić information content (AvgIpc) is 3.19. The van der Waals surface area contributed by atoms with Gasteiger partial charge in [-0.15, -0.1) is 0 Å². The van der Waals surface area contributed by atoms with Crippen LogP contribution in [0, 0.1) is 12.8 Å². The Balaban J connectivity index is 1.81. The number of carbonyl (C=O) groups is 1. The van der Waals surface area contributed by atoms with Crippen molar-refractivity contribution in [1.29, 1.82) is 0 Å². The van der Waals surface area contributed by atoms with E-state index in [2.05, 4.69) is 10.2 Å². The maximum absolute atomic E-state index is 12.9. The van der Waals surface area contributed by atoms with Crippen LogP contribution in [0.15, 0.2) is 29.2 Å². The largest absolute Gasteiger partial charge is 0.496 e. The summed E-state index contributed by atoms with van der Waals surface area (Å²) in [6, 6.07) is 5.78. The molecule has 1 amide bonds. The first-order valence-electron chi connectivity index (χ1n) is 8.38. The molecule has 0 radical (unpaired) electrons. The van der Waals surface area contributed by atoms with Gasteiger partial charge in [0.2, 0.25) is 10.0 Å². The van der Waals surface area contributed by atoms with Crippen LogP contribution >= 0.6 is 0 Å². The molecule has 9 nitrogen and oxygen atoms in total. The fourth-order valence-electron chi connectivity index (χ4n) is 3.27. The number of amides is 1. The summed E-state index contributed by atoms with van der Waals surface area (Å²) in [7, 11) is -2.56. The lowest BCUT2D eigenvalue weighted by atomic mass is 10.0. The van der Waals surface area contributed by atoms with E-state index in [9.17, 15) is 18.3 Å². The molecule has 0 spiro atoms. The van der Waals surface area contributed by atoms with Gasteiger partial charge in [0.05, 0.1) is 29.4 Å². The molecule has 27 heavy (non-hydrogen) atoms. The molecule has 10 heteroatoms. The highest BCUT2D eigenvalue weighted by Crippen LogP contribution is 2.27. The number of hydrogen-bond donors (Lipinski definition) is 3. The van der Waals surface area contributed by atoms with Crippen molar-refractivity contribution in [2.45, 2.75) is 24.3 Å². The van der Waals surface area contributed by atoms with E-state index in [-0.39, 0.29) is 28.7 Å². The van der Waals surface area contributed by atoms with Gasteiger partial charge < -0.3 is 14.7 Å². The number of β-amino-alcohol motifs (C(OH)–C–C–N with tert-alkyl or cyclic N) is 1. The normalized spacial score (nSPS) is 20.1. The number of nitrogens with zero attached hydrogens (tertiary/aromatic N) is 2. The fourth-order valence-corrected chi connectivity index (χ4v) is 3.81. The van der Waals surface area contributed by atoms with Gasteiger partial charge in [0.25, 0.3) is 5.91 Å². The number of aliphatic hydroxyl groups is 1. The maximum Gasteiger partial charge on any atom is 0.257 e. The Morgan fingerprint density at radius 3 is 2.74 bits per heavy atom. The third-order valence-corrected chi connectivity index (χ3v) is 5.56. The SMILES string of the molecule is COc1ccc(S(N)(=O)=O)cc1C(=O)N1C[C@@H](Cc2cc(C)[nH]n2)[C@@H](O)C1. The second-order valence-electron chi connectivity index (χ2n) is 6.69. The number of H-pyrrole nitrogens is 1. The summed E-state index contributed by atoms with van der Waals surface area (Å²) < 4.78 is 28.4. The third-order valence-electron chi connectivity index (χ3n) is 4.65. The van der Waals surface area contributed by atoms with Crippen LogP contribution in [0.1, 0.15) is 21.7 Å². The second-order valence-corrected chi connectivity index (χ2v) is 8.25. The molecule has 0 aliphatic carbocycles. The van der Waals surface area contributed by atoms with Gasteiger partial charge in [-0.1, -0.05) is 0 Å². The number of primary sulfonamides is 1. The smallest absolute Gasteiger partial charge is 0.257 e. The number of nitrogens with one attached hydrogen (secondary N) is 1. The first-order chi connectivity index (χ1) is 12.7. The van der Waals surface area contributed by atoms with Crippen molar-refractivity contribution < 1.29 is 23.1 Å². The Morgan fingerprint density at radius 2 is 2.15 bits per heavy atom. The molecule has 146 valence electrons. The van der Waals surface area contributed by atoms with E-state index in [1.807, 2.05) is 13.0 Å².